The van der Waals surface area contributed by atoms with E-state index in [2.05, 4.69) is 20.2 Å². The summed E-state index contributed by atoms with van der Waals surface area (Å²) in [4.78, 5) is 17.5. The van der Waals surface area contributed by atoms with Gasteiger partial charge in [-0.1, -0.05) is 17.3 Å². The van der Waals surface area contributed by atoms with E-state index < -0.39 is 23.0 Å². The molecule has 0 saturated heterocycles. The van der Waals surface area contributed by atoms with Crippen LogP contribution in [0.3, 0.4) is 0 Å². The highest BCUT2D eigenvalue weighted by atomic mass is 19.2. The highest BCUT2D eigenvalue weighted by molar-refractivity contribution is 5.62. The van der Waals surface area contributed by atoms with Gasteiger partial charge in [0.1, 0.15) is 17.7 Å². The van der Waals surface area contributed by atoms with E-state index in [-0.39, 0.29) is 23.6 Å². The van der Waals surface area contributed by atoms with Crippen LogP contribution in [0.5, 0.6) is 0 Å². The molecule has 0 fully saturated rings. The van der Waals surface area contributed by atoms with Crippen molar-refractivity contribution in [1.82, 2.24) is 24.9 Å². The van der Waals surface area contributed by atoms with Crippen LogP contribution in [0.4, 0.5) is 13.2 Å². The van der Waals surface area contributed by atoms with Crippen molar-refractivity contribution in [2.45, 2.75) is 6.54 Å². The van der Waals surface area contributed by atoms with E-state index in [1.165, 1.54) is 29.1 Å². The molecule has 3 aromatic heterocycles. The SMILES string of the molecule is O=c1[nH]c(-c2cc(-c3ccon3)n(Cc3cccc(F)c3F)n2)ncc1F. The van der Waals surface area contributed by atoms with Gasteiger partial charge >= 0.3 is 0 Å². The number of rotatable bonds is 4. The van der Waals surface area contributed by atoms with Crippen molar-refractivity contribution in [2.24, 2.45) is 0 Å². The fraction of sp³-hybridized carbons (Fsp3) is 0.0588. The molecule has 27 heavy (non-hydrogen) atoms. The van der Waals surface area contributed by atoms with E-state index >= 15 is 0 Å². The molecule has 10 heteroatoms. The summed E-state index contributed by atoms with van der Waals surface area (Å²) in [6.45, 7) is -0.114. The van der Waals surface area contributed by atoms with Gasteiger partial charge in [0.25, 0.3) is 5.56 Å². The minimum Gasteiger partial charge on any atom is -0.364 e. The molecule has 0 aliphatic heterocycles. The fourth-order valence-corrected chi connectivity index (χ4v) is 2.55. The number of hydrogen-bond donors (Lipinski definition) is 1. The molecular weight excluding hydrogens is 363 g/mol. The Morgan fingerprint density at radius 2 is 1.96 bits per heavy atom. The lowest BCUT2D eigenvalue weighted by Crippen LogP contribution is -2.12. The number of aromatic amines is 1. The maximum atomic E-state index is 14.0. The molecule has 1 N–H and O–H groups in total. The highest BCUT2D eigenvalue weighted by Crippen LogP contribution is 2.24. The van der Waals surface area contributed by atoms with Crippen LogP contribution in [0.1, 0.15) is 5.56 Å². The third-order valence-electron chi connectivity index (χ3n) is 3.83. The van der Waals surface area contributed by atoms with Gasteiger partial charge in [0.2, 0.25) is 5.82 Å². The summed E-state index contributed by atoms with van der Waals surface area (Å²) in [6.07, 6.45) is 2.11. The number of H-pyrrole nitrogens is 1. The number of benzene rings is 1. The van der Waals surface area contributed by atoms with E-state index in [0.717, 1.165) is 12.3 Å². The lowest BCUT2D eigenvalue weighted by molar-refractivity contribution is 0.421. The van der Waals surface area contributed by atoms with E-state index in [1.54, 1.807) is 6.07 Å². The van der Waals surface area contributed by atoms with Crippen molar-refractivity contribution < 1.29 is 17.7 Å². The Labute approximate surface area is 149 Å². The van der Waals surface area contributed by atoms with Crippen LogP contribution >= 0.6 is 0 Å². The predicted molar refractivity (Wildman–Crippen MR) is 87.0 cm³/mol. The third-order valence-corrected chi connectivity index (χ3v) is 3.83. The summed E-state index contributed by atoms with van der Waals surface area (Å²) in [5.41, 5.74) is 0.106. The normalized spacial score (nSPS) is 11.1. The van der Waals surface area contributed by atoms with Gasteiger partial charge in [-0.25, -0.2) is 13.8 Å². The molecule has 0 aliphatic carbocycles. The number of halogens is 3. The molecule has 136 valence electrons. The Morgan fingerprint density at radius 1 is 1.11 bits per heavy atom. The first-order valence-electron chi connectivity index (χ1n) is 7.69. The zero-order valence-electron chi connectivity index (χ0n) is 13.5. The molecule has 0 amide bonds. The van der Waals surface area contributed by atoms with Crippen LogP contribution in [-0.4, -0.2) is 24.9 Å². The molecule has 0 aliphatic rings. The molecule has 1 aromatic carbocycles. The first-order chi connectivity index (χ1) is 13.0. The highest BCUT2D eigenvalue weighted by Gasteiger charge is 2.18. The van der Waals surface area contributed by atoms with Crippen LogP contribution in [0.25, 0.3) is 22.9 Å². The predicted octanol–water partition coefficient (Wildman–Crippen LogP) is 2.75. The van der Waals surface area contributed by atoms with Gasteiger partial charge in [-0.05, 0) is 12.1 Å². The van der Waals surface area contributed by atoms with E-state index in [0.29, 0.717) is 11.4 Å². The van der Waals surface area contributed by atoms with Crippen LogP contribution in [0, 0.1) is 17.5 Å². The van der Waals surface area contributed by atoms with Gasteiger partial charge in [0.05, 0.1) is 18.4 Å². The number of aromatic nitrogens is 5. The Kier molecular flexibility index (Phi) is 4.07. The molecule has 0 atom stereocenters. The van der Waals surface area contributed by atoms with E-state index in [1.807, 2.05) is 0 Å². The van der Waals surface area contributed by atoms with Crippen molar-refractivity contribution in [3.8, 4) is 22.9 Å². The monoisotopic (exact) mass is 373 g/mol. The summed E-state index contributed by atoms with van der Waals surface area (Å²) < 4.78 is 46.9. The topological polar surface area (TPSA) is 89.6 Å². The number of nitrogens with zero attached hydrogens (tertiary/aromatic N) is 4. The number of nitrogens with one attached hydrogen (secondary N) is 1. The molecule has 4 aromatic rings. The van der Waals surface area contributed by atoms with Crippen LogP contribution in [0.2, 0.25) is 0 Å². The maximum Gasteiger partial charge on any atom is 0.287 e. The van der Waals surface area contributed by atoms with Crippen molar-refractivity contribution in [2.75, 3.05) is 0 Å². The Bertz CT molecular complexity index is 1170. The first-order valence-corrected chi connectivity index (χ1v) is 7.69. The second kappa shape index (κ2) is 6.56. The standard InChI is InChI=1S/C17H10F3N5O2/c18-10-3-1-2-9(15(10)20)8-25-14(12-4-5-27-24-12)6-13(23-25)16-21-7-11(19)17(26)22-16/h1-7H,8H2,(H,21,22,26). The summed E-state index contributed by atoms with van der Waals surface area (Å²) >= 11 is 0. The Balaban J connectivity index is 1.82. The van der Waals surface area contributed by atoms with Gasteiger partial charge in [-0.15, -0.1) is 0 Å². The molecular formula is C17H10F3N5O2. The molecule has 7 nitrogen and oxygen atoms in total. The molecule has 4 rings (SSSR count). The second-order valence-electron chi connectivity index (χ2n) is 5.58. The summed E-state index contributed by atoms with van der Waals surface area (Å²) in [5, 5.41) is 8.08. The molecule has 0 radical (unpaired) electrons. The second-order valence-corrected chi connectivity index (χ2v) is 5.58. The quantitative estimate of drug-likeness (QED) is 0.594. The molecule has 0 unspecified atom stereocenters. The first kappa shape index (κ1) is 16.8. The van der Waals surface area contributed by atoms with Crippen LogP contribution < -0.4 is 5.56 Å². The fourth-order valence-electron chi connectivity index (χ4n) is 2.55. The minimum absolute atomic E-state index is 0.0182. The summed E-state index contributed by atoms with van der Waals surface area (Å²) in [7, 11) is 0. The van der Waals surface area contributed by atoms with Crippen molar-refractivity contribution in [1.29, 1.82) is 0 Å². The molecule has 0 bridgehead atoms. The van der Waals surface area contributed by atoms with E-state index in [4.69, 9.17) is 4.52 Å². The zero-order chi connectivity index (χ0) is 19.0. The average Bonchev–Trinajstić information content (AvgIpc) is 3.31. The average molecular weight is 373 g/mol. The summed E-state index contributed by atoms with van der Waals surface area (Å²) in [6, 6.07) is 6.89. The maximum absolute atomic E-state index is 14.0. The van der Waals surface area contributed by atoms with Crippen molar-refractivity contribution in [3.63, 3.8) is 0 Å². The Morgan fingerprint density at radius 3 is 2.70 bits per heavy atom. The molecule has 0 saturated carbocycles. The lowest BCUT2D eigenvalue weighted by Gasteiger charge is -2.07. The Hall–Kier alpha value is -3.69. The van der Waals surface area contributed by atoms with E-state index in [9.17, 15) is 18.0 Å². The van der Waals surface area contributed by atoms with Gasteiger partial charge in [0.15, 0.2) is 17.5 Å². The van der Waals surface area contributed by atoms with Gasteiger partial charge < -0.3 is 9.51 Å². The smallest absolute Gasteiger partial charge is 0.287 e. The van der Waals surface area contributed by atoms with Crippen LogP contribution in [0.15, 0.2) is 52.1 Å². The molecule has 0 spiro atoms. The zero-order valence-corrected chi connectivity index (χ0v) is 13.5. The minimum atomic E-state index is -1.03. The van der Waals surface area contributed by atoms with Crippen molar-refractivity contribution in [3.05, 3.63) is 76.2 Å². The lowest BCUT2D eigenvalue weighted by atomic mass is 10.2. The van der Waals surface area contributed by atoms with Crippen LogP contribution in [-0.2, 0) is 6.54 Å². The third kappa shape index (κ3) is 3.12. The number of hydrogen-bond acceptors (Lipinski definition) is 5. The largest absolute Gasteiger partial charge is 0.364 e. The van der Waals surface area contributed by atoms with Gasteiger partial charge in [-0.2, -0.15) is 9.49 Å². The van der Waals surface area contributed by atoms with Gasteiger partial charge in [0, 0.05) is 11.6 Å². The summed E-state index contributed by atoms with van der Waals surface area (Å²) in [5.74, 6) is -2.98. The van der Waals surface area contributed by atoms with Crippen molar-refractivity contribution >= 4 is 0 Å². The van der Waals surface area contributed by atoms with Gasteiger partial charge in [-0.3, -0.25) is 9.48 Å². The molecule has 3 heterocycles.